The van der Waals surface area contributed by atoms with E-state index in [1.807, 2.05) is 24.3 Å². The molecule has 2 heteroatoms. The standard InChI is InChI=1S/C11H8ClN/c12-11-7-8-3-1-2-4-9(8)10(11)5-6-13/h1-5,11H,7H2/b10-5-/t11-/m0/s1. The van der Waals surface area contributed by atoms with Gasteiger partial charge in [0.15, 0.2) is 0 Å². The Morgan fingerprint density at radius 2 is 2.23 bits per heavy atom. The molecule has 13 heavy (non-hydrogen) atoms. The zero-order valence-electron chi connectivity index (χ0n) is 7.00. The molecule has 0 fully saturated rings. The molecule has 0 saturated carbocycles. The van der Waals surface area contributed by atoms with Crippen molar-refractivity contribution < 1.29 is 0 Å². The summed E-state index contributed by atoms with van der Waals surface area (Å²) in [6.45, 7) is 0. The molecule has 1 aromatic carbocycles. The van der Waals surface area contributed by atoms with Crippen LogP contribution in [0, 0.1) is 11.3 Å². The Kier molecular flexibility index (Phi) is 2.08. The summed E-state index contributed by atoms with van der Waals surface area (Å²) in [6, 6.07) is 10.1. The number of nitrogens with zero attached hydrogens (tertiary/aromatic N) is 1. The highest BCUT2D eigenvalue weighted by Gasteiger charge is 2.23. The van der Waals surface area contributed by atoms with Gasteiger partial charge >= 0.3 is 0 Å². The number of allylic oxidation sites excluding steroid dienone is 2. The van der Waals surface area contributed by atoms with Gasteiger partial charge in [0.25, 0.3) is 0 Å². The fourth-order valence-electron chi connectivity index (χ4n) is 1.69. The molecule has 1 aromatic rings. The molecule has 0 aliphatic heterocycles. The van der Waals surface area contributed by atoms with E-state index in [0.29, 0.717) is 0 Å². The Morgan fingerprint density at radius 3 is 3.00 bits per heavy atom. The van der Waals surface area contributed by atoms with Crippen molar-refractivity contribution in [2.45, 2.75) is 11.8 Å². The van der Waals surface area contributed by atoms with Crippen molar-refractivity contribution >= 4 is 17.2 Å². The number of hydrogen-bond donors (Lipinski definition) is 0. The topological polar surface area (TPSA) is 23.8 Å². The second-order valence-corrected chi connectivity index (χ2v) is 3.58. The van der Waals surface area contributed by atoms with Crippen LogP contribution in [0.1, 0.15) is 11.1 Å². The Hall–Kier alpha value is -1.26. The summed E-state index contributed by atoms with van der Waals surface area (Å²) in [5, 5.41) is 8.55. The van der Waals surface area contributed by atoms with Gasteiger partial charge in [-0.3, -0.25) is 0 Å². The zero-order chi connectivity index (χ0) is 9.26. The molecule has 0 bridgehead atoms. The first-order valence-electron chi connectivity index (χ1n) is 4.15. The zero-order valence-corrected chi connectivity index (χ0v) is 7.75. The Balaban J connectivity index is 2.54. The smallest absolute Gasteiger partial charge is 0.0915 e. The number of rotatable bonds is 0. The number of fused-ring (bicyclic) bond motifs is 1. The van der Waals surface area contributed by atoms with Crippen molar-refractivity contribution in [2.75, 3.05) is 0 Å². The van der Waals surface area contributed by atoms with E-state index >= 15 is 0 Å². The molecule has 0 amide bonds. The summed E-state index contributed by atoms with van der Waals surface area (Å²) in [7, 11) is 0. The van der Waals surface area contributed by atoms with Gasteiger partial charge in [0.05, 0.1) is 11.4 Å². The van der Waals surface area contributed by atoms with Crippen molar-refractivity contribution in [1.82, 2.24) is 0 Å². The summed E-state index contributed by atoms with van der Waals surface area (Å²) in [5.74, 6) is 0. The first kappa shape index (κ1) is 8.34. The van der Waals surface area contributed by atoms with Crippen molar-refractivity contribution in [1.29, 1.82) is 5.26 Å². The summed E-state index contributed by atoms with van der Waals surface area (Å²) in [6.07, 6.45) is 2.38. The van der Waals surface area contributed by atoms with Gasteiger partial charge in [-0.15, -0.1) is 11.6 Å². The quantitative estimate of drug-likeness (QED) is 0.455. The fourth-order valence-corrected chi connectivity index (χ4v) is 2.04. The number of benzene rings is 1. The molecular formula is C11H8ClN. The van der Waals surface area contributed by atoms with Gasteiger partial charge in [0.2, 0.25) is 0 Å². The van der Waals surface area contributed by atoms with Crippen LogP contribution in [0.15, 0.2) is 30.3 Å². The maximum Gasteiger partial charge on any atom is 0.0915 e. The van der Waals surface area contributed by atoms with Crippen LogP contribution in [0.2, 0.25) is 0 Å². The van der Waals surface area contributed by atoms with Gasteiger partial charge in [-0.2, -0.15) is 5.26 Å². The van der Waals surface area contributed by atoms with E-state index in [2.05, 4.69) is 6.07 Å². The van der Waals surface area contributed by atoms with E-state index in [1.54, 1.807) is 6.08 Å². The SMILES string of the molecule is N#C/C=C1/c2ccccc2C[C@@H]1Cl. The third kappa shape index (κ3) is 1.34. The third-order valence-electron chi connectivity index (χ3n) is 2.29. The molecule has 0 spiro atoms. The molecule has 0 saturated heterocycles. The summed E-state index contributed by atoms with van der Waals surface area (Å²) < 4.78 is 0. The lowest BCUT2D eigenvalue weighted by molar-refractivity contribution is 1.09. The van der Waals surface area contributed by atoms with E-state index in [9.17, 15) is 0 Å². The van der Waals surface area contributed by atoms with Crippen LogP contribution >= 0.6 is 11.6 Å². The molecule has 64 valence electrons. The highest BCUT2D eigenvalue weighted by molar-refractivity contribution is 6.27. The second kappa shape index (κ2) is 3.24. The van der Waals surface area contributed by atoms with E-state index in [4.69, 9.17) is 16.9 Å². The minimum atomic E-state index is -0.0305. The third-order valence-corrected chi connectivity index (χ3v) is 2.67. The molecule has 0 aromatic heterocycles. The largest absolute Gasteiger partial charge is 0.193 e. The molecule has 1 atom stereocenters. The van der Waals surface area contributed by atoms with Crippen molar-refractivity contribution in [2.24, 2.45) is 0 Å². The average molecular weight is 190 g/mol. The van der Waals surface area contributed by atoms with Crippen molar-refractivity contribution in [3.8, 4) is 6.07 Å². The van der Waals surface area contributed by atoms with E-state index < -0.39 is 0 Å². The monoisotopic (exact) mass is 189 g/mol. The Labute approximate surface area is 82.3 Å². The lowest BCUT2D eigenvalue weighted by Gasteiger charge is -1.99. The van der Waals surface area contributed by atoms with Crippen LogP contribution in [-0.2, 0) is 6.42 Å². The highest BCUT2D eigenvalue weighted by atomic mass is 35.5. The summed E-state index contributed by atoms with van der Waals surface area (Å²) in [4.78, 5) is 0. The summed E-state index contributed by atoms with van der Waals surface area (Å²) >= 11 is 6.10. The van der Waals surface area contributed by atoms with Gasteiger partial charge < -0.3 is 0 Å². The minimum absolute atomic E-state index is 0.0305. The van der Waals surface area contributed by atoms with Crippen LogP contribution in [-0.4, -0.2) is 5.38 Å². The summed E-state index contributed by atoms with van der Waals surface area (Å²) in [5.41, 5.74) is 3.33. The Bertz CT molecular complexity index is 401. The normalized spacial score (nSPS) is 22.8. The van der Waals surface area contributed by atoms with Crippen LogP contribution in [0.5, 0.6) is 0 Å². The predicted molar refractivity (Wildman–Crippen MR) is 53.4 cm³/mol. The molecule has 2 rings (SSSR count). The van der Waals surface area contributed by atoms with E-state index in [-0.39, 0.29) is 5.38 Å². The molecule has 0 unspecified atom stereocenters. The molecule has 1 aliphatic carbocycles. The van der Waals surface area contributed by atoms with Crippen molar-refractivity contribution in [3.05, 3.63) is 41.5 Å². The number of halogens is 1. The van der Waals surface area contributed by atoms with Crippen LogP contribution in [0.3, 0.4) is 0 Å². The molecule has 1 nitrogen and oxygen atoms in total. The van der Waals surface area contributed by atoms with Gasteiger partial charge in [0, 0.05) is 6.08 Å². The molecule has 0 N–H and O–H groups in total. The number of hydrogen-bond acceptors (Lipinski definition) is 1. The second-order valence-electron chi connectivity index (χ2n) is 3.06. The highest BCUT2D eigenvalue weighted by Crippen LogP contribution is 2.35. The average Bonchev–Trinajstić information content (AvgIpc) is 2.44. The lowest BCUT2D eigenvalue weighted by atomic mass is 10.1. The molecule has 0 radical (unpaired) electrons. The fraction of sp³-hybridized carbons (Fsp3) is 0.182. The van der Waals surface area contributed by atoms with Gasteiger partial charge in [0.1, 0.15) is 0 Å². The van der Waals surface area contributed by atoms with Crippen LogP contribution in [0.4, 0.5) is 0 Å². The van der Waals surface area contributed by atoms with Crippen LogP contribution in [0.25, 0.3) is 5.57 Å². The minimum Gasteiger partial charge on any atom is -0.193 e. The number of nitriles is 1. The van der Waals surface area contributed by atoms with E-state index in [1.165, 1.54) is 5.56 Å². The lowest BCUT2D eigenvalue weighted by Crippen LogP contribution is -1.93. The van der Waals surface area contributed by atoms with Gasteiger partial charge in [-0.25, -0.2) is 0 Å². The predicted octanol–water partition coefficient (Wildman–Crippen LogP) is 2.76. The van der Waals surface area contributed by atoms with Gasteiger partial charge in [-0.1, -0.05) is 24.3 Å². The maximum absolute atomic E-state index is 8.58. The van der Waals surface area contributed by atoms with Crippen LogP contribution < -0.4 is 0 Å². The van der Waals surface area contributed by atoms with Crippen molar-refractivity contribution in [3.63, 3.8) is 0 Å². The van der Waals surface area contributed by atoms with E-state index in [0.717, 1.165) is 17.6 Å². The first-order chi connectivity index (χ1) is 6.33. The number of alkyl halides is 1. The molecule has 1 aliphatic rings. The first-order valence-corrected chi connectivity index (χ1v) is 4.58. The molecule has 0 heterocycles. The Morgan fingerprint density at radius 1 is 1.46 bits per heavy atom. The maximum atomic E-state index is 8.58. The van der Waals surface area contributed by atoms with Gasteiger partial charge in [-0.05, 0) is 23.1 Å². The molecular weight excluding hydrogens is 182 g/mol.